The molecular formula is C21H17N3O4S. The molecule has 0 radical (unpaired) electrons. The second-order valence-corrected chi connectivity index (χ2v) is 7.93. The Balaban J connectivity index is 1.98. The van der Waals surface area contributed by atoms with Crippen molar-refractivity contribution in [2.24, 2.45) is 0 Å². The van der Waals surface area contributed by atoms with E-state index in [1.54, 1.807) is 41.0 Å². The third kappa shape index (κ3) is 3.17. The van der Waals surface area contributed by atoms with Crippen LogP contribution in [0.15, 0.2) is 64.2 Å². The van der Waals surface area contributed by atoms with Gasteiger partial charge in [-0.2, -0.15) is 0 Å². The Morgan fingerprint density at radius 1 is 1.00 bits per heavy atom. The molecule has 0 amide bonds. The van der Waals surface area contributed by atoms with Gasteiger partial charge in [-0.3, -0.25) is 19.5 Å². The van der Waals surface area contributed by atoms with Gasteiger partial charge in [0.2, 0.25) is 0 Å². The zero-order chi connectivity index (χ0) is 20.7. The molecule has 8 heteroatoms. The summed E-state index contributed by atoms with van der Waals surface area (Å²) in [6, 6.07) is 14.9. The van der Waals surface area contributed by atoms with E-state index in [1.807, 2.05) is 19.9 Å². The molecule has 2 aromatic carbocycles. The average Bonchev–Trinajstić information content (AvgIpc) is 3.01. The first-order valence-corrected chi connectivity index (χ1v) is 9.74. The van der Waals surface area contributed by atoms with E-state index in [4.69, 9.17) is 0 Å². The zero-order valence-electron chi connectivity index (χ0n) is 15.8. The van der Waals surface area contributed by atoms with Gasteiger partial charge in [-0.15, -0.1) is 11.3 Å². The number of fused-ring (bicyclic) bond motifs is 1. The van der Waals surface area contributed by atoms with Crippen molar-refractivity contribution in [2.45, 2.75) is 20.4 Å². The highest BCUT2D eigenvalue weighted by Gasteiger charge is 2.19. The Bertz CT molecular complexity index is 1350. The summed E-state index contributed by atoms with van der Waals surface area (Å²) in [6.45, 7) is 4.01. The molecule has 7 nitrogen and oxygen atoms in total. The number of aryl methyl sites for hydroxylation is 2. The fourth-order valence-corrected chi connectivity index (χ4v) is 4.45. The summed E-state index contributed by atoms with van der Waals surface area (Å²) in [4.78, 5) is 38.5. The lowest BCUT2D eigenvalue weighted by atomic mass is 10.2. The summed E-state index contributed by atoms with van der Waals surface area (Å²) in [5.41, 5.74) is 1.32. The maximum absolute atomic E-state index is 13.3. The molecule has 0 aliphatic rings. The summed E-state index contributed by atoms with van der Waals surface area (Å²) >= 11 is 1.41. The van der Waals surface area contributed by atoms with Crippen LogP contribution in [0.1, 0.15) is 16.0 Å². The lowest BCUT2D eigenvalue weighted by Crippen LogP contribution is -2.38. The fraction of sp³-hybridized carbons (Fsp3) is 0.143. The second kappa shape index (κ2) is 7.14. The molecule has 0 saturated carbocycles. The number of nitro groups is 1. The van der Waals surface area contributed by atoms with Crippen molar-refractivity contribution in [1.82, 2.24) is 9.13 Å². The van der Waals surface area contributed by atoms with E-state index in [1.165, 1.54) is 28.0 Å². The van der Waals surface area contributed by atoms with E-state index in [2.05, 4.69) is 0 Å². The molecule has 0 spiro atoms. The standard InChI is InChI=1S/C21H17N3O4S/c1-13-14(2)29-20-18(13)19(25)23(16-6-4-3-5-7-16)21(26)22(20)12-15-8-10-17(11-9-15)24(27)28/h3-11H,12H2,1-2H3. The highest BCUT2D eigenvalue weighted by Crippen LogP contribution is 2.27. The lowest BCUT2D eigenvalue weighted by Gasteiger charge is -2.12. The predicted molar refractivity (Wildman–Crippen MR) is 113 cm³/mol. The largest absolute Gasteiger partial charge is 0.337 e. The fourth-order valence-electron chi connectivity index (χ4n) is 3.31. The van der Waals surface area contributed by atoms with Gasteiger partial charge in [0.25, 0.3) is 11.2 Å². The van der Waals surface area contributed by atoms with Crippen LogP contribution in [-0.2, 0) is 6.54 Å². The topological polar surface area (TPSA) is 87.1 Å². The van der Waals surface area contributed by atoms with Crippen LogP contribution < -0.4 is 11.2 Å². The molecule has 4 rings (SSSR count). The van der Waals surface area contributed by atoms with Crippen LogP contribution in [0.25, 0.3) is 15.9 Å². The molecule has 0 atom stereocenters. The molecular weight excluding hydrogens is 390 g/mol. The minimum atomic E-state index is -0.463. The van der Waals surface area contributed by atoms with Gasteiger partial charge >= 0.3 is 5.69 Å². The lowest BCUT2D eigenvalue weighted by molar-refractivity contribution is -0.384. The first-order chi connectivity index (χ1) is 13.9. The molecule has 0 N–H and O–H groups in total. The van der Waals surface area contributed by atoms with E-state index >= 15 is 0 Å². The molecule has 0 unspecified atom stereocenters. The molecule has 146 valence electrons. The van der Waals surface area contributed by atoms with Crippen molar-refractivity contribution < 1.29 is 4.92 Å². The maximum atomic E-state index is 13.3. The molecule has 2 aromatic heterocycles. The molecule has 4 aromatic rings. The molecule has 0 aliphatic carbocycles. The van der Waals surface area contributed by atoms with Gasteiger partial charge in [0, 0.05) is 17.0 Å². The number of hydrogen-bond donors (Lipinski definition) is 0. The number of aromatic nitrogens is 2. The van der Waals surface area contributed by atoms with Gasteiger partial charge in [-0.05, 0) is 37.1 Å². The highest BCUT2D eigenvalue weighted by atomic mass is 32.1. The monoisotopic (exact) mass is 407 g/mol. The third-order valence-electron chi connectivity index (χ3n) is 4.95. The Morgan fingerprint density at radius 2 is 1.66 bits per heavy atom. The van der Waals surface area contributed by atoms with E-state index in [0.717, 1.165) is 16.0 Å². The number of hydrogen-bond acceptors (Lipinski definition) is 5. The van der Waals surface area contributed by atoms with Gasteiger partial charge in [-0.1, -0.05) is 30.3 Å². The van der Waals surface area contributed by atoms with Crippen molar-refractivity contribution in [3.05, 3.63) is 102 Å². The average molecular weight is 407 g/mol. The summed E-state index contributed by atoms with van der Waals surface area (Å²) < 4.78 is 2.75. The Labute approximate surface area is 169 Å². The van der Waals surface area contributed by atoms with Crippen LogP contribution in [0.5, 0.6) is 0 Å². The Kier molecular flexibility index (Phi) is 4.63. The molecule has 2 heterocycles. The van der Waals surface area contributed by atoms with Gasteiger partial charge in [0.1, 0.15) is 4.83 Å². The SMILES string of the molecule is Cc1sc2c(c1C)c(=O)n(-c1ccccc1)c(=O)n2Cc1ccc([N+](=O)[O-])cc1. The van der Waals surface area contributed by atoms with Crippen molar-refractivity contribution in [3.63, 3.8) is 0 Å². The Hall–Kier alpha value is -3.52. The van der Waals surface area contributed by atoms with Crippen LogP contribution in [0.4, 0.5) is 5.69 Å². The number of non-ortho nitro benzene ring substituents is 1. The normalized spacial score (nSPS) is 11.1. The first kappa shape index (κ1) is 18.8. The molecule has 0 bridgehead atoms. The molecule has 0 fully saturated rings. The quantitative estimate of drug-likeness (QED) is 0.380. The number of rotatable bonds is 4. The van der Waals surface area contributed by atoms with E-state index in [-0.39, 0.29) is 17.8 Å². The molecule has 29 heavy (non-hydrogen) atoms. The minimum absolute atomic E-state index is 0.0108. The van der Waals surface area contributed by atoms with E-state index in [9.17, 15) is 19.7 Å². The van der Waals surface area contributed by atoms with Gasteiger partial charge in [0.05, 0.1) is 22.5 Å². The zero-order valence-corrected chi connectivity index (χ0v) is 16.6. The summed E-state index contributed by atoms with van der Waals surface area (Å²) in [6.07, 6.45) is 0. The van der Waals surface area contributed by atoms with Gasteiger partial charge in [-0.25, -0.2) is 9.36 Å². The van der Waals surface area contributed by atoms with Crippen LogP contribution in [-0.4, -0.2) is 14.1 Å². The first-order valence-electron chi connectivity index (χ1n) is 8.93. The second-order valence-electron chi connectivity index (χ2n) is 6.73. The summed E-state index contributed by atoms with van der Waals surface area (Å²) in [5, 5.41) is 11.4. The van der Waals surface area contributed by atoms with Crippen LogP contribution in [0.2, 0.25) is 0 Å². The van der Waals surface area contributed by atoms with Crippen molar-refractivity contribution in [1.29, 1.82) is 0 Å². The minimum Gasteiger partial charge on any atom is -0.280 e. The van der Waals surface area contributed by atoms with Gasteiger partial charge in [0.15, 0.2) is 0 Å². The maximum Gasteiger partial charge on any atom is 0.337 e. The van der Waals surface area contributed by atoms with E-state index in [0.29, 0.717) is 15.9 Å². The Morgan fingerprint density at radius 3 is 2.28 bits per heavy atom. The number of benzene rings is 2. The van der Waals surface area contributed by atoms with E-state index < -0.39 is 10.6 Å². The smallest absolute Gasteiger partial charge is 0.280 e. The van der Waals surface area contributed by atoms with Crippen LogP contribution >= 0.6 is 11.3 Å². The van der Waals surface area contributed by atoms with Crippen molar-refractivity contribution >= 4 is 27.2 Å². The predicted octanol–water partition coefficient (Wildman–Crippen LogP) is 3.79. The number of thiophene rings is 1. The highest BCUT2D eigenvalue weighted by molar-refractivity contribution is 7.18. The summed E-state index contributed by atoms with van der Waals surface area (Å²) in [7, 11) is 0. The van der Waals surface area contributed by atoms with Crippen molar-refractivity contribution in [2.75, 3.05) is 0 Å². The van der Waals surface area contributed by atoms with Gasteiger partial charge < -0.3 is 0 Å². The molecule has 0 saturated heterocycles. The number of nitro benzene ring substituents is 1. The van der Waals surface area contributed by atoms with Crippen LogP contribution in [0.3, 0.4) is 0 Å². The number of nitrogens with zero attached hydrogens (tertiary/aromatic N) is 3. The third-order valence-corrected chi connectivity index (χ3v) is 6.18. The summed E-state index contributed by atoms with van der Waals surface area (Å²) in [5.74, 6) is 0. The van der Waals surface area contributed by atoms with Crippen molar-refractivity contribution in [3.8, 4) is 5.69 Å². The number of para-hydroxylation sites is 1. The molecule has 0 aliphatic heterocycles. The van der Waals surface area contributed by atoms with Crippen LogP contribution in [0, 0.1) is 24.0 Å².